The predicted molar refractivity (Wildman–Crippen MR) is 117 cm³/mol. The first-order valence-electron chi connectivity index (χ1n) is 10.4. The van der Waals surface area contributed by atoms with Crippen molar-refractivity contribution in [3.63, 3.8) is 0 Å². The molecule has 4 rings (SSSR count). The van der Waals surface area contributed by atoms with Gasteiger partial charge in [0.05, 0.1) is 6.54 Å². The van der Waals surface area contributed by atoms with Gasteiger partial charge in [-0.15, -0.1) is 0 Å². The Bertz CT molecular complexity index is 1080. The Hall–Kier alpha value is -3.48. The van der Waals surface area contributed by atoms with Gasteiger partial charge < -0.3 is 15.2 Å². The van der Waals surface area contributed by atoms with Gasteiger partial charge in [0.1, 0.15) is 23.1 Å². The summed E-state index contributed by atoms with van der Waals surface area (Å²) in [4.78, 5) is 17.6. The molecule has 0 amide bonds. The van der Waals surface area contributed by atoms with E-state index in [2.05, 4.69) is 10.1 Å². The molecule has 1 aromatic heterocycles. The first-order chi connectivity index (χ1) is 15.0. The zero-order chi connectivity index (χ0) is 21.8. The van der Waals surface area contributed by atoms with E-state index < -0.39 is 0 Å². The van der Waals surface area contributed by atoms with Gasteiger partial charge in [0, 0.05) is 43.5 Å². The molecule has 1 unspecified atom stereocenters. The normalized spacial score (nSPS) is 15.9. The Kier molecular flexibility index (Phi) is 6.11. The molecule has 160 valence electrons. The van der Waals surface area contributed by atoms with E-state index in [0.29, 0.717) is 48.9 Å². The third kappa shape index (κ3) is 4.82. The van der Waals surface area contributed by atoms with Gasteiger partial charge in [-0.3, -0.25) is 4.79 Å². The number of nitrogens with zero attached hydrogens (tertiary/aromatic N) is 3. The summed E-state index contributed by atoms with van der Waals surface area (Å²) in [5.41, 5.74) is 8.91. The number of aliphatic imine (C=N–C) groups is 1. The lowest BCUT2D eigenvalue weighted by atomic mass is 9.95. The number of carbonyl (C=O) groups is 1. The fraction of sp³-hybridized carbons (Fsp3) is 0.292. The van der Waals surface area contributed by atoms with Gasteiger partial charge in [0.2, 0.25) is 0 Å². The highest BCUT2D eigenvalue weighted by molar-refractivity contribution is 5.84. The number of rotatable bonds is 5. The molecule has 0 aliphatic carbocycles. The number of likely N-dealkylation sites (tertiary alicyclic amines) is 1. The highest BCUT2D eigenvalue weighted by Crippen LogP contribution is 2.29. The summed E-state index contributed by atoms with van der Waals surface area (Å²) in [5, 5.41) is 4.08. The maximum atomic E-state index is 14.7. The second-order valence-electron chi connectivity index (χ2n) is 7.75. The fourth-order valence-electron chi connectivity index (χ4n) is 3.67. The van der Waals surface area contributed by atoms with E-state index in [1.807, 2.05) is 54.3 Å². The summed E-state index contributed by atoms with van der Waals surface area (Å²) in [6.07, 6.45) is 1.00. The lowest BCUT2D eigenvalue weighted by molar-refractivity contribution is -0.120. The molecule has 31 heavy (non-hydrogen) atoms. The number of nitrogens with two attached hydrogens (primary N) is 1. The van der Waals surface area contributed by atoms with Gasteiger partial charge in [-0.1, -0.05) is 54.5 Å². The number of piperidine rings is 1. The molecule has 6 nitrogen and oxygen atoms in total. The number of hydrogen-bond acceptors (Lipinski definition) is 4. The van der Waals surface area contributed by atoms with Gasteiger partial charge in [0.25, 0.3) is 0 Å². The van der Waals surface area contributed by atoms with E-state index in [4.69, 9.17) is 10.3 Å². The topological polar surface area (TPSA) is 84.7 Å². The minimum absolute atomic E-state index is 0.157. The Morgan fingerprint density at radius 1 is 1.19 bits per heavy atom. The van der Waals surface area contributed by atoms with Crippen LogP contribution in [0.5, 0.6) is 0 Å². The first kappa shape index (κ1) is 20.8. The van der Waals surface area contributed by atoms with Crippen LogP contribution >= 0.6 is 0 Å². The summed E-state index contributed by atoms with van der Waals surface area (Å²) in [7, 11) is 0. The van der Waals surface area contributed by atoms with E-state index >= 15 is 0 Å². The van der Waals surface area contributed by atoms with Crippen molar-refractivity contribution in [2.45, 2.75) is 32.2 Å². The molecule has 2 N–H and O–H groups in total. The molecule has 3 aromatic rings. The molecule has 1 aliphatic rings. The van der Waals surface area contributed by atoms with Crippen LogP contribution in [0.1, 0.15) is 42.7 Å². The number of aromatic nitrogens is 1. The highest BCUT2D eigenvalue weighted by Gasteiger charge is 2.19. The maximum absolute atomic E-state index is 14.7. The Morgan fingerprint density at radius 2 is 1.94 bits per heavy atom. The van der Waals surface area contributed by atoms with Crippen LogP contribution in [0.25, 0.3) is 11.1 Å². The molecule has 1 aliphatic heterocycles. The van der Waals surface area contributed by atoms with Crippen LogP contribution in [0.15, 0.2) is 64.1 Å². The summed E-state index contributed by atoms with van der Waals surface area (Å²) in [6, 6.07) is 16.5. The zero-order valence-corrected chi connectivity index (χ0v) is 17.4. The lowest BCUT2D eigenvalue weighted by Gasteiger charge is -2.26. The van der Waals surface area contributed by atoms with Crippen molar-refractivity contribution in [3.05, 3.63) is 77.4 Å². The average Bonchev–Trinajstić information content (AvgIpc) is 3.27. The van der Waals surface area contributed by atoms with E-state index in [-0.39, 0.29) is 24.1 Å². The third-order valence-electron chi connectivity index (χ3n) is 5.63. The number of halogens is 1. The first-order valence-corrected chi connectivity index (χ1v) is 10.4. The minimum Gasteiger partial charge on any atom is -0.370 e. The van der Waals surface area contributed by atoms with Gasteiger partial charge in [-0.2, -0.15) is 0 Å². The third-order valence-corrected chi connectivity index (χ3v) is 5.63. The average molecular weight is 420 g/mol. The lowest BCUT2D eigenvalue weighted by Crippen LogP contribution is -2.43. The van der Waals surface area contributed by atoms with E-state index in [9.17, 15) is 9.18 Å². The predicted octanol–water partition coefficient (Wildman–Crippen LogP) is 4.11. The Morgan fingerprint density at radius 3 is 2.65 bits per heavy atom. The highest BCUT2D eigenvalue weighted by atomic mass is 19.1. The summed E-state index contributed by atoms with van der Waals surface area (Å²) in [6.45, 7) is 3.43. The fourth-order valence-corrected chi connectivity index (χ4v) is 3.67. The summed E-state index contributed by atoms with van der Waals surface area (Å²) >= 11 is 0. The zero-order valence-electron chi connectivity index (χ0n) is 17.4. The largest absolute Gasteiger partial charge is 0.370 e. The van der Waals surface area contributed by atoms with Crippen LogP contribution < -0.4 is 5.73 Å². The summed E-state index contributed by atoms with van der Waals surface area (Å²) < 4.78 is 20.2. The van der Waals surface area contributed by atoms with Gasteiger partial charge in [0.15, 0.2) is 5.96 Å². The van der Waals surface area contributed by atoms with Crippen LogP contribution in [0, 0.1) is 5.82 Å². The van der Waals surface area contributed by atoms with Crippen molar-refractivity contribution in [1.29, 1.82) is 0 Å². The Labute approximate surface area is 180 Å². The van der Waals surface area contributed by atoms with Gasteiger partial charge in [-0.05, 0) is 17.2 Å². The van der Waals surface area contributed by atoms with Crippen molar-refractivity contribution in [2.75, 3.05) is 13.1 Å². The molecule has 7 heteroatoms. The molecule has 1 saturated heterocycles. The SMILES string of the molecule is CC(c1ccc(-c2ccccc2)c(F)c1)c1cc(CN=C(N)N2CCC(=O)CC2)no1. The van der Waals surface area contributed by atoms with Crippen LogP contribution in [-0.2, 0) is 11.3 Å². The van der Waals surface area contributed by atoms with E-state index in [1.165, 1.54) is 0 Å². The second-order valence-corrected chi connectivity index (χ2v) is 7.75. The van der Waals surface area contributed by atoms with E-state index in [0.717, 1.165) is 11.1 Å². The number of guanidine groups is 1. The molecule has 2 heterocycles. The van der Waals surface area contributed by atoms with Gasteiger partial charge >= 0.3 is 0 Å². The molecule has 0 saturated carbocycles. The number of Topliss-reactive ketones (excluding diaryl/α,β-unsaturated/α-hetero) is 1. The van der Waals surface area contributed by atoms with Crippen molar-refractivity contribution in [1.82, 2.24) is 10.1 Å². The molecule has 1 fully saturated rings. The smallest absolute Gasteiger partial charge is 0.191 e. The van der Waals surface area contributed by atoms with Crippen molar-refractivity contribution >= 4 is 11.7 Å². The number of carbonyl (C=O) groups excluding carboxylic acids is 1. The molecule has 0 spiro atoms. The number of hydrogen-bond donors (Lipinski definition) is 1. The van der Waals surface area contributed by atoms with Crippen molar-refractivity contribution in [3.8, 4) is 11.1 Å². The Balaban J connectivity index is 1.43. The quantitative estimate of drug-likeness (QED) is 0.496. The van der Waals surface area contributed by atoms with E-state index in [1.54, 1.807) is 12.1 Å². The molecule has 2 aromatic carbocycles. The molecule has 0 bridgehead atoms. The van der Waals surface area contributed by atoms with Crippen LogP contribution in [-0.4, -0.2) is 34.9 Å². The standard InChI is InChI=1S/C24H25FN4O2/c1-16(18-7-8-21(22(25)13-18)17-5-3-2-4-6-17)23-14-19(28-31-23)15-27-24(26)29-11-9-20(30)10-12-29/h2-8,13-14,16H,9-12,15H2,1H3,(H2,26,27). The molecule has 1 atom stereocenters. The maximum Gasteiger partial charge on any atom is 0.191 e. The summed E-state index contributed by atoms with van der Waals surface area (Å²) in [5.74, 6) is 0.873. The number of benzene rings is 2. The van der Waals surface area contributed by atoms with Crippen molar-refractivity contribution in [2.24, 2.45) is 10.7 Å². The molecular formula is C24H25FN4O2. The number of ketones is 1. The van der Waals surface area contributed by atoms with Gasteiger partial charge in [-0.25, -0.2) is 9.38 Å². The van der Waals surface area contributed by atoms with Crippen LogP contribution in [0.2, 0.25) is 0 Å². The van der Waals surface area contributed by atoms with Crippen molar-refractivity contribution < 1.29 is 13.7 Å². The molecule has 0 radical (unpaired) electrons. The van der Waals surface area contributed by atoms with Crippen LogP contribution in [0.3, 0.4) is 0 Å². The van der Waals surface area contributed by atoms with Crippen LogP contribution in [0.4, 0.5) is 4.39 Å². The second kappa shape index (κ2) is 9.12. The molecular weight excluding hydrogens is 395 g/mol. The monoisotopic (exact) mass is 420 g/mol. The minimum atomic E-state index is -0.271.